The Balaban J connectivity index is 2.06. The molecule has 8 heteroatoms. The number of halogens is 4. The molecule has 0 saturated carbocycles. The minimum atomic E-state index is -4.40. The summed E-state index contributed by atoms with van der Waals surface area (Å²) in [7, 11) is 1.70. The van der Waals surface area contributed by atoms with Gasteiger partial charge in [-0.1, -0.05) is 43.6 Å². The number of aryl methyl sites for hydroxylation is 2. The maximum absolute atomic E-state index is 12.9. The molecule has 0 atom stereocenters. The van der Waals surface area contributed by atoms with Crippen LogP contribution in [0.4, 0.5) is 13.2 Å². The molecule has 2 aromatic rings. The molecule has 0 fully saturated rings. The van der Waals surface area contributed by atoms with Gasteiger partial charge in [0, 0.05) is 30.6 Å². The van der Waals surface area contributed by atoms with Crippen molar-refractivity contribution in [2.45, 2.75) is 32.4 Å². The molecule has 1 N–H and O–H groups in total. The molecule has 0 bridgehead atoms. The topological polar surface area (TPSA) is 46.9 Å². The van der Waals surface area contributed by atoms with E-state index in [4.69, 9.17) is 11.6 Å². The van der Waals surface area contributed by atoms with Crippen LogP contribution in [0.15, 0.2) is 30.3 Å². The van der Waals surface area contributed by atoms with Gasteiger partial charge in [0.05, 0.1) is 11.3 Å². The maximum Gasteiger partial charge on any atom is 0.416 e. The minimum Gasteiger partial charge on any atom is -0.352 e. The van der Waals surface area contributed by atoms with Crippen molar-refractivity contribution >= 4 is 23.6 Å². The van der Waals surface area contributed by atoms with Crippen LogP contribution in [0.25, 0.3) is 6.08 Å². The zero-order valence-corrected chi connectivity index (χ0v) is 16.2. The number of rotatable bonds is 5. The fourth-order valence-corrected chi connectivity index (χ4v) is 2.82. The van der Waals surface area contributed by atoms with Gasteiger partial charge >= 0.3 is 6.18 Å². The molecule has 0 saturated heterocycles. The van der Waals surface area contributed by atoms with Crippen molar-refractivity contribution in [3.05, 3.63) is 57.9 Å². The van der Waals surface area contributed by atoms with E-state index in [-0.39, 0.29) is 12.5 Å². The van der Waals surface area contributed by atoms with Gasteiger partial charge in [-0.2, -0.15) is 18.3 Å². The Morgan fingerprint density at radius 3 is 2.48 bits per heavy atom. The Kier molecular flexibility index (Phi) is 6.04. The maximum atomic E-state index is 12.9. The second-order valence-electron chi connectivity index (χ2n) is 6.93. The number of carbonyl (C=O) groups excluding carboxylic acids is 1. The number of hydrogen-bond donors (Lipinski definition) is 1. The van der Waals surface area contributed by atoms with Crippen molar-refractivity contribution in [2.75, 3.05) is 6.54 Å². The molecule has 0 aliphatic carbocycles. The summed E-state index contributed by atoms with van der Waals surface area (Å²) in [5.74, 6) is -0.366. The van der Waals surface area contributed by atoms with E-state index in [1.54, 1.807) is 40.0 Å². The molecular weight excluding hydrogens is 379 g/mol. The van der Waals surface area contributed by atoms with Crippen molar-refractivity contribution in [2.24, 2.45) is 7.05 Å². The Morgan fingerprint density at radius 1 is 1.30 bits per heavy atom. The fraction of sp³-hybridized carbons (Fsp3) is 0.368. The quantitative estimate of drug-likeness (QED) is 0.752. The van der Waals surface area contributed by atoms with Crippen LogP contribution in [-0.2, 0) is 23.4 Å². The van der Waals surface area contributed by atoms with Gasteiger partial charge in [-0.25, -0.2) is 0 Å². The first kappa shape index (κ1) is 21.0. The number of nitrogens with zero attached hydrogens (tertiary/aromatic N) is 2. The predicted octanol–water partition coefficient (Wildman–Crippen LogP) is 4.51. The summed E-state index contributed by atoms with van der Waals surface area (Å²) in [6.45, 7) is 5.50. The zero-order valence-electron chi connectivity index (χ0n) is 15.5. The summed E-state index contributed by atoms with van der Waals surface area (Å²) in [5, 5.41) is 7.29. The van der Waals surface area contributed by atoms with E-state index in [9.17, 15) is 18.0 Å². The standard InChI is InChI=1S/C19H21ClF3N3O/c1-12-15(17(20)26(4)25-12)8-9-16(27)24-11-18(2,3)13-6-5-7-14(10-13)19(21,22)23/h5-10H,11H2,1-4H3,(H,24,27)/b9-8+. The summed E-state index contributed by atoms with van der Waals surface area (Å²) in [4.78, 5) is 12.1. The molecule has 0 spiro atoms. The fourth-order valence-electron chi connectivity index (χ4n) is 2.58. The molecule has 0 aliphatic heterocycles. The highest BCUT2D eigenvalue weighted by Crippen LogP contribution is 2.32. The Morgan fingerprint density at radius 2 is 1.93 bits per heavy atom. The van der Waals surface area contributed by atoms with Crippen LogP contribution in [0.5, 0.6) is 0 Å². The molecule has 1 heterocycles. The predicted molar refractivity (Wildman–Crippen MR) is 99.5 cm³/mol. The summed E-state index contributed by atoms with van der Waals surface area (Å²) < 4.78 is 40.2. The lowest BCUT2D eigenvalue weighted by molar-refractivity contribution is -0.137. The number of benzene rings is 1. The molecule has 1 amide bonds. The molecule has 1 aromatic heterocycles. The number of carbonyl (C=O) groups is 1. The largest absolute Gasteiger partial charge is 0.416 e. The van der Waals surface area contributed by atoms with Crippen LogP contribution in [0.3, 0.4) is 0 Å². The van der Waals surface area contributed by atoms with Crippen molar-refractivity contribution in [1.82, 2.24) is 15.1 Å². The van der Waals surface area contributed by atoms with E-state index in [1.165, 1.54) is 16.8 Å². The smallest absolute Gasteiger partial charge is 0.352 e. The van der Waals surface area contributed by atoms with E-state index < -0.39 is 17.2 Å². The molecule has 1 aromatic carbocycles. The van der Waals surface area contributed by atoms with Crippen molar-refractivity contribution in [3.8, 4) is 0 Å². The lowest BCUT2D eigenvalue weighted by atomic mass is 9.83. The zero-order chi connectivity index (χ0) is 20.4. The van der Waals surface area contributed by atoms with Crippen molar-refractivity contribution < 1.29 is 18.0 Å². The third-order valence-corrected chi connectivity index (χ3v) is 4.72. The molecule has 2 rings (SSSR count). The first-order chi connectivity index (χ1) is 12.4. The number of nitrogens with one attached hydrogen (secondary N) is 1. The first-order valence-corrected chi connectivity index (χ1v) is 8.62. The van der Waals surface area contributed by atoms with Gasteiger partial charge in [0.15, 0.2) is 0 Å². The van der Waals surface area contributed by atoms with Crippen LogP contribution >= 0.6 is 11.6 Å². The SMILES string of the molecule is Cc1nn(C)c(Cl)c1/C=C/C(=O)NCC(C)(C)c1cccc(C(F)(F)F)c1. The summed E-state index contributed by atoms with van der Waals surface area (Å²) in [5.41, 5.74) is 0.447. The molecule has 27 heavy (non-hydrogen) atoms. The summed E-state index contributed by atoms with van der Waals surface area (Å²) >= 11 is 6.10. The van der Waals surface area contributed by atoms with Gasteiger partial charge in [-0.3, -0.25) is 9.48 Å². The lowest BCUT2D eigenvalue weighted by Gasteiger charge is -2.26. The minimum absolute atomic E-state index is 0.178. The molecule has 0 aliphatic rings. The van der Waals surface area contributed by atoms with Gasteiger partial charge in [-0.15, -0.1) is 0 Å². The first-order valence-electron chi connectivity index (χ1n) is 8.24. The van der Waals surface area contributed by atoms with Crippen LogP contribution in [0, 0.1) is 6.92 Å². The second-order valence-corrected chi connectivity index (χ2v) is 7.29. The summed E-state index contributed by atoms with van der Waals surface area (Å²) in [6, 6.07) is 5.13. The number of amides is 1. The Bertz CT molecular complexity index is 870. The molecular formula is C19H21ClF3N3O. The van der Waals surface area contributed by atoms with Gasteiger partial charge in [0.2, 0.25) is 5.91 Å². The van der Waals surface area contributed by atoms with Gasteiger partial charge in [-0.05, 0) is 24.6 Å². The second kappa shape index (κ2) is 7.76. The van der Waals surface area contributed by atoms with Crippen molar-refractivity contribution in [3.63, 3.8) is 0 Å². The normalized spacial score (nSPS) is 12.6. The van der Waals surface area contributed by atoms with E-state index in [2.05, 4.69) is 10.4 Å². The van der Waals surface area contributed by atoms with Crippen LogP contribution in [0.2, 0.25) is 5.15 Å². The molecule has 146 valence electrons. The number of alkyl halides is 3. The number of aromatic nitrogens is 2. The van der Waals surface area contributed by atoms with E-state index in [1.807, 2.05) is 0 Å². The highest BCUT2D eigenvalue weighted by Gasteiger charge is 2.32. The van der Waals surface area contributed by atoms with E-state index >= 15 is 0 Å². The average Bonchev–Trinajstić information content (AvgIpc) is 2.83. The van der Waals surface area contributed by atoms with E-state index in [0.29, 0.717) is 22.0 Å². The monoisotopic (exact) mass is 399 g/mol. The summed E-state index contributed by atoms with van der Waals surface area (Å²) in [6.07, 6.45) is -1.51. The highest BCUT2D eigenvalue weighted by molar-refractivity contribution is 6.31. The van der Waals surface area contributed by atoms with Crippen molar-refractivity contribution in [1.29, 1.82) is 0 Å². The number of hydrogen-bond acceptors (Lipinski definition) is 2. The van der Waals surface area contributed by atoms with Gasteiger partial charge in [0.1, 0.15) is 5.15 Å². The van der Waals surface area contributed by atoms with Gasteiger partial charge in [0.25, 0.3) is 0 Å². The van der Waals surface area contributed by atoms with Crippen LogP contribution in [0.1, 0.15) is 36.2 Å². The highest BCUT2D eigenvalue weighted by atomic mass is 35.5. The third kappa shape index (κ3) is 5.13. The van der Waals surface area contributed by atoms with Gasteiger partial charge < -0.3 is 5.32 Å². The molecule has 0 radical (unpaired) electrons. The average molecular weight is 400 g/mol. The van der Waals surface area contributed by atoms with Crippen LogP contribution in [-0.4, -0.2) is 22.2 Å². The van der Waals surface area contributed by atoms with Crippen LogP contribution < -0.4 is 5.32 Å². The lowest BCUT2D eigenvalue weighted by Crippen LogP contribution is -2.36. The molecule has 0 unspecified atom stereocenters. The Labute approximate surface area is 161 Å². The molecule has 4 nitrogen and oxygen atoms in total. The Hall–Kier alpha value is -2.28. The van der Waals surface area contributed by atoms with E-state index in [0.717, 1.165) is 12.1 Å². The third-order valence-electron chi connectivity index (χ3n) is 4.27.